The van der Waals surface area contributed by atoms with E-state index in [1.54, 1.807) is 32.4 Å². The summed E-state index contributed by atoms with van der Waals surface area (Å²) in [7, 11) is 3.24. The van der Waals surface area contributed by atoms with Crippen LogP contribution in [0.1, 0.15) is 29.9 Å². The second-order valence-corrected chi connectivity index (χ2v) is 8.18. The molecule has 2 aromatic carbocycles. The second kappa shape index (κ2) is 6.99. The quantitative estimate of drug-likeness (QED) is 0.790. The largest absolute Gasteiger partial charge is 0.497 e. The minimum Gasteiger partial charge on any atom is -0.497 e. The number of hydrogen-bond donors (Lipinski definition) is 1. The molecule has 7 heteroatoms. The van der Waals surface area contributed by atoms with E-state index in [1.165, 1.54) is 4.90 Å². The Labute approximate surface area is 185 Å². The maximum atomic E-state index is 13.7. The second-order valence-electron chi connectivity index (χ2n) is 8.18. The van der Waals surface area contributed by atoms with Crippen LogP contribution in [0.3, 0.4) is 0 Å². The van der Waals surface area contributed by atoms with Crippen LogP contribution in [-0.2, 0) is 19.7 Å². The van der Waals surface area contributed by atoms with Gasteiger partial charge in [0.1, 0.15) is 28.6 Å². The molecule has 5 rings (SSSR count). The first-order valence-corrected chi connectivity index (χ1v) is 10.3. The molecule has 7 nitrogen and oxygen atoms in total. The Morgan fingerprint density at radius 1 is 1.16 bits per heavy atom. The van der Waals surface area contributed by atoms with Gasteiger partial charge in [-0.3, -0.25) is 9.59 Å². The first kappa shape index (κ1) is 19.9. The van der Waals surface area contributed by atoms with Gasteiger partial charge in [0.25, 0.3) is 0 Å². The summed E-state index contributed by atoms with van der Waals surface area (Å²) in [4.78, 5) is 28.8. The minimum absolute atomic E-state index is 0.0331. The third-order valence-corrected chi connectivity index (χ3v) is 6.64. The zero-order valence-corrected chi connectivity index (χ0v) is 17.7. The van der Waals surface area contributed by atoms with Crippen molar-refractivity contribution in [2.75, 3.05) is 19.1 Å². The number of likely N-dealkylation sites (N-methyl/N-ethyl adjacent to an activating group) is 1. The molecule has 32 heavy (non-hydrogen) atoms. The highest BCUT2D eigenvalue weighted by molar-refractivity contribution is 6.19. The molecule has 2 atom stereocenters. The Morgan fingerprint density at radius 2 is 1.88 bits per heavy atom. The molecule has 0 saturated carbocycles. The van der Waals surface area contributed by atoms with E-state index in [4.69, 9.17) is 15.2 Å². The van der Waals surface area contributed by atoms with Gasteiger partial charge in [-0.25, -0.2) is 0 Å². The number of ketones is 1. The third kappa shape index (κ3) is 2.47. The molecule has 3 aliphatic rings. The third-order valence-electron chi connectivity index (χ3n) is 6.64. The predicted octanol–water partition coefficient (Wildman–Crippen LogP) is 3.03. The average molecular weight is 427 g/mol. The predicted molar refractivity (Wildman–Crippen MR) is 116 cm³/mol. The lowest BCUT2D eigenvalue weighted by Crippen LogP contribution is -2.48. The summed E-state index contributed by atoms with van der Waals surface area (Å²) in [6.45, 7) is 0. The monoisotopic (exact) mass is 427 g/mol. The zero-order valence-electron chi connectivity index (χ0n) is 17.7. The summed E-state index contributed by atoms with van der Waals surface area (Å²) >= 11 is 0. The fraction of sp³-hybridized carbons (Fsp3) is 0.240. The number of hydrogen-bond acceptors (Lipinski definition) is 6. The number of para-hydroxylation sites is 1. The van der Waals surface area contributed by atoms with Crippen LogP contribution in [0.4, 0.5) is 5.69 Å². The molecule has 2 unspecified atom stereocenters. The summed E-state index contributed by atoms with van der Waals surface area (Å²) in [5.41, 5.74) is 7.01. The van der Waals surface area contributed by atoms with E-state index in [0.29, 0.717) is 23.4 Å². The van der Waals surface area contributed by atoms with Crippen molar-refractivity contribution in [1.29, 1.82) is 5.26 Å². The van der Waals surface area contributed by atoms with Crippen molar-refractivity contribution in [3.8, 4) is 11.8 Å². The lowest BCUT2D eigenvalue weighted by molar-refractivity contribution is -0.124. The number of nitrogens with two attached hydrogens (primary N) is 1. The van der Waals surface area contributed by atoms with Crippen LogP contribution in [0.15, 0.2) is 71.3 Å². The van der Waals surface area contributed by atoms with Crippen molar-refractivity contribution in [1.82, 2.24) is 0 Å². The van der Waals surface area contributed by atoms with E-state index in [0.717, 1.165) is 11.3 Å². The van der Waals surface area contributed by atoms with E-state index >= 15 is 0 Å². The Morgan fingerprint density at radius 3 is 2.56 bits per heavy atom. The topological polar surface area (TPSA) is 106 Å². The molecule has 0 aromatic heterocycles. The van der Waals surface area contributed by atoms with Crippen LogP contribution >= 0.6 is 0 Å². The van der Waals surface area contributed by atoms with E-state index in [1.807, 2.05) is 30.3 Å². The zero-order chi connectivity index (χ0) is 22.6. The molecule has 0 saturated heterocycles. The SMILES string of the molecule is COc1ccc(C2CC(=O)C3=C(C2)OC(N)=C(C#N)C32C(=O)N(C)c3ccccc32)cc1. The van der Waals surface area contributed by atoms with Gasteiger partial charge in [0.05, 0.1) is 12.7 Å². The Kier molecular flexibility index (Phi) is 4.34. The van der Waals surface area contributed by atoms with E-state index in [-0.39, 0.29) is 41.1 Å². The number of anilines is 1. The average Bonchev–Trinajstić information content (AvgIpc) is 3.02. The molecule has 160 valence electrons. The van der Waals surface area contributed by atoms with Gasteiger partial charge in [0.15, 0.2) is 5.78 Å². The van der Waals surface area contributed by atoms with E-state index in [9.17, 15) is 14.9 Å². The summed E-state index contributed by atoms with van der Waals surface area (Å²) in [5, 5.41) is 9.99. The number of fused-ring (bicyclic) bond motifs is 3. The number of carbonyl (C=O) groups is 2. The van der Waals surface area contributed by atoms with Crippen LogP contribution in [0.25, 0.3) is 0 Å². The highest BCUT2D eigenvalue weighted by Gasteiger charge is 2.61. The fourth-order valence-corrected chi connectivity index (χ4v) is 5.18. The van der Waals surface area contributed by atoms with Gasteiger partial charge in [0.2, 0.25) is 11.8 Å². The Balaban J connectivity index is 1.69. The van der Waals surface area contributed by atoms with Crippen LogP contribution in [0.2, 0.25) is 0 Å². The van der Waals surface area contributed by atoms with Crippen molar-refractivity contribution in [3.63, 3.8) is 0 Å². The number of allylic oxidation sites excluding steroid dienone is 1. The van der Waals surface area contributed by atoms with Crippen LogP contribution in [0, 0.1) is 11.3 Å². The molecule has 2 aliphatic heterocycles. The maximum Gasteiger partial charge on any atom is 0.247 e. The Bertz CT molecular complexity index is 1270. The maximum absolute atomic E-state index is 13.7. The van der Waals surface area contributed by atoms with Crippen molar-refractivity contribution in [2.45, 2.75) is 24.2 Å². The molecule has 1 amide bonds. The van der Waals surface area contributed by atoms with Gasteiger partial charge in [-0.2, -0.15) is 5.26 Å². The normalized spacial score (nSPS) is 24.3. The van der Waals surface area contributed by atoms with Crippen molar-refractivity contribution >= 4 is 17.4 Å². The summed E-state index contributed by atoms with van der Waals surface area (Å²) in [5.74, 6) is 0.233. The first-order chi connectivity index (χ1) is 15.4. The molecule has 2 heterocycles. The number of carbonyl (C=O) groups excluding carboxylic acids is 2. The Hall–Kier alpha value is -4.05. The van der Waals surface area contributed by atoms with Gasteiger partial charge in [0, 0.05) is 31.1 Å². The molecule has 0 bridgehead atoms. The van der Waals surface area contributed by atoms with E-state index in [2.05, 4.69) is 6.07 Å². The van der Waals surface area contributed by atoms with Gasteiger partial charge >= 0.3 is 0 Å². The van der Waals surface area contributed by atoms with Crippen LogP contribution in [-0.4, -0.2) is 25.8 Å². The minimum atomic E-state index is -1.57. The lowest BCUT2D eigenvalue weighted by atomic mass is 9.63. The number of ether oxygens (including phenoxy) is 2. The highest BCUT2D eigenvalue weighted by atomic mass is 16.5. The molecule has 0 radical (unpaired) electrons. The molecular formula is C25H21N3O4. The van der Waals surface area contributed by atoms with Crippen LogP contribution < -0.4 is 15.4 Å². The number of rotatable bonds is 2. The summed E-state index contributed by atoms with van der Waals surface area (Å²) < 4.78 is 11.1. The standard InChI is InChI=1S/C25H21N3O4/c1-28-19-6-4-3-5-17(19)25(24(28)30)18(13-26)23(27)32-21-12-15(11-20(29)22(21)25)14-7-9-16(31-2)10-8-14/h3-10,15H,11-12,27H2,1-2H3. The number of amides is 1. The first-order valence-electron chi connectivity index (χ1n) is 10.3. The van der Waals surface area contributed by atoms with Gasteiger partial charge in [-0.15, -0.1) is 0 Å². The fourth-order valence-electron chi connectivity index (χ4n) is 5.18. The molecule has 1 aliphatic carbocycles. The van der Waals surface area contributed by atoms with Gasteiger partial charge in [-0.1, -0.05) is 30.3 Å². The molecule has 1 spiro atoms. The molecule has 0 fully saturated rings. The number of methoxy groups -OCH3 is 1. The van der Waals surface area contributed by atoms with Crippen molar-refractivity contribution in [2.24, 2.45) is 5.73 Å². The number of nitriles is 1. The smallest absolute Gasteiger partial charge is 0.247 e. The van der Waals surface area contributed by atoms with Gasteiger partial charge in [-0.05, 0) is 29.7 Å². The molecule has 2 N–H and O–H groups in total. The van der Waals surface area contributed by atoms with E-state index < -0.39 is 5.41 Å². The lowest BCUT2D eigenvalue weighted by Gasteiger charge is -2.39. The van der Waals surface area contributed by atoms with Gasteiger partial charge < -0.3 is 20.1 Å². The number of Topliss-reactive ketones (excluding diaryl/α,β-unsaturated/α-hetero) is 1. The molecular weight excluding hydrogens is 406 g/mol. The summed E-state index contributed by atoms with van der Waals surface area (Å²) in [6.07, 6.45) is 0.599. The highest BCUT2D eigenvalue weighted by Crippen LogP contribution is 2.56. The molecule has 2 aromatic rings. The van der Waals surface area contributed by atoms with Crippen molar-refractivity contribution < 1.29 is 19.1 Å². The number of benzene rings is 2. The van der Waals surface area contributed by atoms with Crippen molar-refractivity contribution in [3.05, 3.63) is 82.4 Å². The van der Waals surface area contributed by atoms with Crippen LogP contribution in [0.5, 0.6) is 5.75 Å². The summed E-state index contributed by atoms with van der Waals surface area (Å²) in [6, 6.07) is 16.8. The number of nitrogens with zero attached hydrogens (tertiary/aromatic N) is 2.